The lowest BCUT2D eigenvalue weighted by Crippen LogP contribution is -1.95. The average molecular weight is 499 g/mol. The topological polar surface area (TPSA) is 0 Å². The second-order valence-electron chi connectivity index (χ2n) is 10.1. The van der Waals surface area contributed by atoms with E-state index in [9.17, 15) is 0 Å². The van der Waals surface area contributed by atoms with Gasteiger partial charge in [0.1, 0.15) is 0 Å². The molecule has 0 spiro atoms. The number of hydrogen-bond acceptors (Lipinski definition) is 0. The number of benzene rings is 4. The van der Waals surface area contributed by atoms with Gasteiger partial charge in [-0.3, -0.25) is 0 Å². The van der Waals surface area contributed by atoms with Crippen LogP contribution in [0.25, 0.3) is 23.3 Å². The lowest BCUT2D eigenvalue weighted by molar-refractivity contribution is 1.11. The minimum Gasteiger partial charge on any atom is -0.0838 e. The maximum absolute atomic E-state index is 2.42. The zero-order valence-corrected chi connectivity index (χ0v) is 23.6. The highest BCUT2D eigenvalue weighted by Crippen LogP contribution is 2.31. The van der Waals surface area contributed by atoms with Crippen molar-refractivity contribution >= 4 is 12.2 Å². The Bertz CT molecular complexity index is 1360. The summed E-state index contributed by atoms with van der Waals surface area (Å²) in [5, 5.41) is 0. The van der Waals surface area contributed by atoms with Crippen LogP contribution in [-0.2, 0) is 38.5 Å². The molecule has 4 aromatic carbocycles. The molecular formula is C38H42. The van der Waals surface area contributed by atoms with E-state index >= 15 is 0 Å². The molecule has 4 rings (SSSR count). The highest BCUT2D eigenvalue weighted by Gasteiger charge is 2.10. The third-order valence-electron chi connectivity index (χ3n) is 7.52. The highest BCUT2D eigenvalue weighted by molar-refractivity contribution is 5.77. The van der Waals surface area contributed by atoms with Crippen LogP contribution < -0.4 is 0 Å². The van der Waals surface area contributed by atoms with Gasteiger partial charge in [0.15, 0.2) is 0 Å². The van der Waals surface area contributed by atoms with Crippen molar-refractivity contribution in [1.82, 2.24) is 0 Å². The van der Waals surface area contributed by atoms with Crippen molar-refractivity contribution in [3.8, 4) is 11.1 Å². The van der Waals surface area contributed by atoms with Crippen molar-refractivity contribution in [2.75, 3.05) is 0 Å². The molecule has 0 nitrogen and oxygen atoms in total. The molecule has 0 fully saturated rings. The lowest BCUT2D eigenvalue weighted by Gasteiger charge is -2.15. The largest absolute Gasteiger partial charge is 0.0838 e. The Labute approximate surface area is 230 Å². The number of allylic oxidation sites excluding steroid dienone is 2. The van der Waals surface area contributed by atoms with Crippen LogP contribution in [0.2, 0.25) is 0 Å². The summed E-state index contributed by atoms with van der Waals surface area (Å²) in [6.45, 7) is 8.92. The monoisotopic (exact) mass is 498 g/mol. The van der Waals surface area contributed by atoms with Crippen molar-refractivity contribution in [3.05, 3.63) is 142 Å². The molecule has 0 heteroatoms. The van der Waals surface area contributed by atoms with Gasteiger partial charge in [0.25, 0.3) is 0 Å². The van der Waals surface area contributed by atoms with Gasteiger partial charge in [-0.25, -0.2) is 0 Å². The molecule has 0 amide bonds. The first-order valence-corrected chi connectivity index (χ1v) is 14.4. The van der Waals surface area contributed by atoms with Gasteiger partial charge < -0.3 is 0 Å². The minimum atomic E-state index is 0.957. The third-order valence-corrected chi connectivity index (χ3v) is 7.52. The summed E-state index contributed by atoms with van der Waals surface area (Å²) in [4.78, 5) is 0. The van der Waals surface area contributed by atoms with Crippen LogP contribution in [0.4, 0.5) is 0 Å². The number of aryl methyl sites for hydroxylation is 4. The van der Waals surface area contributed by atoms with Crippen molar-refractivity contribution in [2.45, 2.75) is 66.2 Å². The molecule has 0 saturated carbocycles. The van der Waals surface area contributed by atoms with E-state index in [1.54, 1.807) is 0 Å². The third kappa shape index (κ3) is 7.23. The molecule has 4 aromatic rings. The molecule has 38 heavy (non-hydrogen) atoms. The summed E-state index contributed by atoms with van der Waals surface area (Å²) in [5.41, 5.74) is 13.6. The molecule has 0 aliphatic carbocycles. The fraction of sp³-hybridized carbons (Fsp3) is 0.263. The van der Waals surface area contributed by atoms with Crippen LogP contribution in [-0.4, -0.2) is 0 Å². The summed E-state index contributed by atoms with van der Waals surface area (Å²) in [7, 11) is 0. The molecular weight excluding hydrogens is 456 g/mol. The average Bonchev–Trinajstić information content (AvgIpc) is 2.98. The molecule has 0 radical (unpaired) electrons. The van der Waals surface area contributed by atoms with Gasteiger partial charge in [0.05, 0.1) is 0 Å². The molecule has 0 aliphatic rings. The van der Waals surface area contributed by atoms with E-state index in [1.807, 2.05) is 0 Å². The van der Waals surface area contributed by atoms with E-state index in [2.05, 4.69) is 137 Å². The van der Waals surface area contributed by atoms with Gasteiger partial charge in [-0.2, -0.15) is 0 Å². The highest BCUT2D eigenvalue weighted by atomic mass is 14.1. The Morgan fingerprint density at radius 3 is 1.47 bits per heavy atom. The Morgan fingerprint density at radius 2 is 0.868 bits per heavy atom. The van der Waals surface area contributed by atoms with Crippen molar-refractivity contribution < 1.29 is 0 Å². The zero-order chi connectivity index (χ0) is 26.7. The predicted molar refractivity (Wildman–Crippen MR) is 168 cm³/mol. The van der Waals surface area contributed by atoms with Crippen LogP contribution in [0.3, 0.4) is 0 Å². The molecule has 0 saturated heterocycles. The Morgan fingerprint density at radius 1 is 0.421 bits per heavy atom. The molecule has 0 N–H and O–H groups in total. The van der Waals surface area contributed by atoms with E-state index in [4.69, 9.17) is 0 Å². The second kappa shape index (κ2) is 13.8. The Hall–Kier alpha value is -3.64. The molecule has 0 aromatic heterocycles. The summed E-state index contributed by atoms with van der Waals surface area (Å²) in [6, 6.07) is 31.9. The van der Waals surface area contributed by atoms with Crippen LogP contribution in [0.1, 0.15) is 72.2 Å². The van der Waals surface area contributed by atoms with Crippen molar-refractivity contribution in [3.63, 3.8) is 0 Å². The van der Waals surface area contributed by atoms with E-state index in [1.165, 1.54) is 55.6 Å². The van der Waals surface area contributed by atoms with Gasteiger partial charge in [-0.1, -0.05) is 131 Å². The fourth-order valence-corrected chi connectivity index (χ4v) is 4.97. The van der Waals surface area contributed by atoms with E-state index in [-0.39, 0.29) is 0 Å². The van der Waals surface area contributed by atoms with Gasteiger partial charge in [-0.15, -0.1) is 0 Å². The van der Waals surface area contributed by atoms with Crippen molar-refractivity contribution in [2.24, 2.45) is 0 Å². The van der Waals surface area contributed by atoms with E-state index in [0.717, 1.165) is 38.5 Å². The fourth-order valence-electron chi connectivity index (χ4n) is 4.97. The molecule has 0 aliphatic heterocycles. The normalized spacial score (nSPS) is 11.6. The van der Waals surface area contributed by atoms with Gasteiger partial charge in [0.2, 0.25) is 0 Å². The maximum atomic E-state index is 2.42. The zero-order valence-electron chi connectivity index (χ0n) is 23.6. The first-order chi connectivity index (χ1) is 18.6. The van der Waals surface area contributed by atoms with Crippen LogP contribution >= 0.6 is 0 Å². The Kier molecular flexibility index (Phi) is 9.93. The summed E-state index contributed by atoms with van der Waals surface area (Å²) in [5.74, 6) is 0. The standard InChI is InChI=1S/C38H42/c1-5-29-13-17-31(18-14-29)11-9-10-12-33-23-25-35(7-3)37(27-33)38-28-34(24-26-36(38)8-4)22-21-32-19-15-30(6-2)16-20-32/h9-10,13-28H,5-8,11-12H2,1-4H3/b10-9+,22-21-. The summed E-state index contributed by atoms with van der Waals surface area (Å²) < 4.78 is 0. The summed E-state index contributed by atoms with van der Waals surface area (Å²) in [6.07, 6.45) is 15.3. The maximum Gasteiger partial charge on any atom is -0.00971 e. The minimum absolute atomic E-state index is 0.957. The van der Waals surface area contributed by atoms with Gasteiger partial charge in [-0.05, 0) is 100 Å². The quantitative estimate of drug-likeness (QED) is 0.142. The summed E-state index contributed by atoms with van der Waals surface area (Å²) >= 11 is 0. The van der Waals surface area contributed by atoms with Gasteiger partial charge >= 0.3 is 0 Å². The molecule has 0 atom stereocenters. The first-order valence-electron chi connectivity index (χ1n) is 14.4. The van der Waals surface area contributed by atoms with E-state index < -0.39 is 0 Å². The predicted octanol–water partition coefficient (Wildman–Crippen LogP) is 10.1. The molecule has 0 bridgehead atoms. The number of hydrogen-bond donors (Lipinski definition) is 0. The van der Waals surface area contributed by atoms with Crippen LogP contribution in [0.5, 0.6) is 0 Å². The van der Waals surface area contributed by atoms with Crippen LogP contribution in [0, 0.1) is 0 Å². The SMILES string of the molecule is CCc1ccc(/C=C\c2ccc(CC)c(-c3cc(C/C=C/Cc4ccc(CC)cc4)ccc3CC)c2)cc1. The van der Waals surface area contributed by atoms with Gasteiger partial charge in [0, 0.05) is 0 Å². The van der Waals surface area contributed by atoms with Crippen LogP contribution in [0.15, 0.2) is 97.1 Å². The molecule has 194 valence electrons. The smallest absolute Gasteiger partial charge is 0.00971 e. The van der Waals surface area contributed by atoms with E-state index in [0.29, 0.717) is 0 Å². The Balaban J connectivity index is 1.54. The lowest BCUT2D eigenvalue weighted by atomic mass is 9.90. The first kappa shape index (κ1) is 27.4. The van der Waals surface area contributed by atoms with Crippen molar-refractivity contribution in [1.29, 1.82) is 0 Å². The molecule has 0 unspecified atom stereocenters. The second-order valence-corrected chi connectivity index (χ2v) is 10.1. The number of rotatable bonds is 11. The molecule has 0 heterocycles.